The Balaban J connectivity index is 2.84. The highest BCUT2D eigenvalue weighted by Gasteiger charge is 2.20. The Hall–Kier alpha value is -1.52. The Morgan fingerprint density at radius 1 is 1.00 bits per heavy atom. The summed E-state index contributed by atoms with van der Waals surface area (Å²) in [4.78, 5) is 24.8. The number of hydrogen-bond acceptors (Lipinski definition) is 5. The lowest BCUT2D eigenvalue weighted by molar-refractivity contribution is -0.140. The first-order valence-corrected chi connectivity index (χ1v) is 5.82. The van der Waals surface area contributed by atoms with Crippen molar-refractivity contribution in [3.8, 4) is 0 Å². The van der Waals surface area contributed by atoms with Crippen molar-refractivity contribution in [1.29, 1.82) is 0 Å². The molecule has 0 aromatic heterocycles. The number of ether oxygens (including phenoxy) is 2. The van der Waals surface area contributed by atoms with Crippen molar-refractivity contribution in [2.45, 2.75) is 25.7 Å². The summed E-state index contributed by atoms with van der Waals surface area (Å²) in [7, 11) is 2.60. The average molecular weight is 241 g/mol. The van der Waals surface area contributed by atoms with Crippen molar-refractivity contribution in [1.82, 2.24) is 4.90 Å². The molecule has 1 rings (SSSR count). The van der Waals surface area contributed by atoms with Gasteiger partial charge in [-0.15, -0.1) is 0 Å². The number of rotatable bonds is 3. The molecule has 0 radical (unpaired) electrons. The zero-order valence-electron chi connectivity index (χ0n) is 10.4. The molecule has 0 spiro atoms. The minimum Gasteiger partial charge on any atom is -0.466 e. The normalized spacial score (nSPS) is 17.3. The first kappa shape index (κ1) is 13.5. The molecule has 1 aliphatic rings. The molecule has 1 saturated heterocycles. The Labute approximate surface area is 101 Å². The van der Waals surface area contributed by atoms with Crippen LogP contribution in [0, 0.1) is 0 Å². The van der Waals surface area contributed by atoms with Gasteiger partial charge in [-0.05, 0) is 12.8 Å². The highest BCUT2D eigenvalue weighted by molar-refractivity contribution is 5.95. The van der Waals surface area contributed by atoms with E-state index in [2.05, 4.69) is 4.74 Å². The van der Waals surface area contributed by atoms with Crippen molar-refractivity contribution >= 4 is 11.9 Å². The number of carbonyl (C=O) groups is 2. The molecule has 0 N–H and O–H groups in total. The molecule has 96 valence electrons. The first-order valence-electron chi connectivity index (χ1n) is 5.82. The number of hydrogen-bond donors (Lipinski definition) is 0. The van der Waals surface area contributed by atoms with Crippen LogP contribution in [0.25, 0.3) is 0 Å². The van der Waals surface area contributed by atoms with Crippen LogP contribution in [0.5, 0.6) is 0 Å². The van der Waals surface area contributed by atoms with Gasteiger partial charge < -0.3 is 14.4 Å². The van der Waals surface area contributed by atoms with Crippen molar-refractivity contribution in [2.24, 2.45) is 0 Å². The van der Waals surface area contributed by atoms with Gasteiger partial charge in [-0.2, -0.15) is 0 Å². The Bertz CT molecular complexity index is 304. The minimum atomic E-state index is -0.533. The van der Waals surface area contributed by atoms with E-state index in [4.69, 9.17) is 4.74 Å². The summed E-state index contributed by atoms with van der Waals surface area (Å²) >= 11 is 0. The number of likely N-dealkylation sites (tertiary alicyclic amines) is 1. The molecule has 1 heterocycles. The van der Waals surface area contributed by atoms with E-state index < -0.39 is 11.9 Å². The van der Waals surface area contributed by atoms with Gasteiger partial charge in [0, 0.05) is 13.1 Å². The molecule has 5 nitrogen and oxygen atoms in total. The number of carbonyl (C=O) groups excluding carboxylic acids is 2. The van der Waals surface area contributed by atoms with Crippen LogP contribution in [0.4, 0.5) is 0 Å². The standard InChI is InChI=1S/C12H19NO4/c1-16-11(14)9-10(12(15)17-2)13-7-5-3-4-6-8-13/h9H,3-8H2,1-2H3/b10-9+. The molecule has 5 heteroatoms. The average Bonchev–Trinajstić information content (AvgIpc) is 2.63. The van der Waals surface area contributed by atoms with Crippen LogP contribution >= 0.6 is 0 Å². The Morgan fingerprint density at radius 3 is 2.06 bits per heavy atom. The highest BCUT2D eigenvalue weighted by Crippen LogP contribution is 2.15. The van der Waals surface area contributed by atoms with Gasteiger partial charge >= 0.3 is 11.9 Å². The summed E-state index contributed by atoms with van der Waals surface area (Å²) in [5.74, 6) is -1.02. The van der Waals surface area contributed by atoms with Gasteiger partial charge in [-0.1, -0.05) is 12.8 Å². The second-order valence-corrected chi connectivity index (χ2v) is 3.95. The molecule has 0 unspecified atom stereocenters. The summed E-state index contributed by atoms with van der Waals surface area (Å²) in [6.07, 6.45) is 5.56. The summed E-state index contributed by atoms with van der Waals surface area (Å²) in [6.45, 7) is 1.55. The molecule has 0 aromatic rings. The Kier molecular flexibility index (Phi) is 5.52. The van der Waals surface area contributed by atoms with Gasteiger partial charge in [0.2, 0.25) is 0 Å². The van der Waals surface area contributed by atoms with Gasteiger partial charge in [0.15, 0.2) is 0 Å². The zero-order chi connectivity index (χ0) is 12.7. The van der Waals surface area contributed by atoms with E-state index in [1.165, 1.54) is 20.3 Å². The second-order valence-electron chi connectivity index (χ2n) is 3.95. The molecule has 0 aromatic carbocycles. The predicted octanol–water partition coefficient (Wildman–Crippen LogP) is 1.09. The smallest absolute Gasteiger partial charge is 0.354 e. The van der Waals surface area contributed by atoms with Crippen LogP contribution in [0.15, 0.2) is 11.8 Å². The zero-order valence-corrected chi connectivity index (χ0v) is 10.4. The minimum absolute atomic E-state index is 0.293. The van der Waals surface area contributed by atoms with E-state index in [9.17, 15) is 9.59 Å². The van der Waals surface area contributed by atoms with E-state index in [-0.39, 0.29) is 0 Å². The lowest BCUT2D eigenvalue weighted by atomic mass is 10.2. The molecule has 1 aliphatic heterocycles. The third-order valence-electron chi connectivity index (χ3n) is 2.80. The maximum atomic E-state index is 11.6. The van der Waals surface area contributed by atoms with Gasteiger partial charge in [-0.25, -0.2) is 9.59 Å². The number of esters is 2. The van der Waals surface area contributed by atoms with Crippen LogP contribution in [-0.2, 0) is 19.1 Å². The van der Waals surface area contributed by atoms with E-state index >= 15 is 0 Å². The molecule has 17 heavy (non-hydrogen) atoms. The Morgan fingerprint density at radius 2 is 1.59 bits per heavy atom. The number of nitrogens with zero attached hydrogens (tertiary/aromatic N) is 1. The quantitative estimate of drug-likeness (QED) is 0.547. The third kappa shape index (κ3) is 4.09. The van der Waals surface area contributed by atoms with Crippen molar-refractivity contribution in [2.75, 3.05) is 27.3 Å². The van der Waals surface area contributed by atoms with Gasteiger partial charge in [0.05, 0.1) is 20.3 Å². The largest absolute Gasteiger partial charge is 0.466 e. The number of methoxy groups -OCH3 is 2. The molecule has 1 fully saturated rings. The molecular formula is C12H19NO4. The maximum Gasteiger partial charge on any atom is 0.354 e. The summed E-state index contributed by atoms with van der Waals surface area (Å²) < 4.78 is 9.24. The van der Waals surface area contributed by atoms with Crippen LogP contribution in [-0.4, -0.2) is 44.1 Å². The maximum absolute atomic E-state index is 11.6. The molecule has 0 amide bonds. The lowest BCUT2D eigenvalue weighted by Gasteiger charge is -2.23. The van der Waals surface area contributed by atoms with Crippen LogP contribution in [0.3, 0.4) is 0 Å². The molecule has 0 atom stereocenters. The van der Waals surface area contributed by atoms with Gasteiger partial charge in [0.1, 0.15) is 5.70 Å². The molecular weight excluding hydrogens is 222 g/mol. The monoisotopic (exact) mass is 241 g/mol. The topological polar surface area (TPSA) is 55.8 Å². The predicted molar refractivity (Wildman–Crippen MR) is 62.2 cm³/mol. The summed E-state index contributed by atoms with van der Waals surface area (Å²) in [5.41, 5.74) is 0.293. The van der Waals surface area contributed by atoms with Crippen molar-refractivity contribution < 1.29 is 19.1 Å². The molecule has 0 bridgehead atoms. The van der Waals surface area contributed by atoms with Crippen LogP contribution in [0.2, 0.25) is 0 Å². The van der Waals surface area contributed by atoms with Crippen LogP contribution in [0.1, 0.15) is 25.7 Å². The fraction of sp³-hybridized carbons (Fsp3) is 0.667. The van der Waals surface area contributed by atoms with E-state index in [0.29, 0.717) is 5.70 Å². The summed E-state index contributed by atoms with van der Waals surface area (Å²) in [5, 5.41) is 0. The SMILES string of the molecule is COC(=O)/C=C(\C(=O)OC)N1CCCCCC1. The fourth-order valence-electron chi connectivity index (χ4n) is 1.87. The molecule has 0 saturated carbocycles. The highest BCUT2D eigenvalue weighted by atomic mass is 16.5. The van der Waals surface area contributed by atoms with Crippen molar-refractivity contribution in [3.05, 3.63) is 11.8 Å². The van der Waals surface area contributed by atoms with E-state index in [1.54, 1.807) is 0 Å². The first-order chi connectivity index (χ1) is 8.19. The lowest BCUT2D eigenvalue weighted by Crippen LogP contribution is -2.30. The fourth-order valence-corrected chi connectivity index (χ4v) is 1.87. The van der Waals surface area contributed by atoms with Gasteiger partial charge in [0.25, 0.3) is 0 Å². The molecule has 0 aliphatic carbocycles. The van der Waals surface area contributed by atoms with Gasteiger partial charge in [-0.3, -0.25) is 0 Å². The second kappa shape index (κ2) is 6.93. The van der Waals surface area contributed by atoms with E-state index in [1.807, 2.05) is 4.90 Å². The summed E-state index contributed by atoms with van der Waals surface area (Å²) in [6, 6.07) is 0. The van der Waals surface area contributed by atoms with Crippen LogP contribution < -0.4 is 0 Å². The third-order valence-corrected chi connectivity index (χ3v) is 2.80. The van der Waals surface area contributed by atoms with Crippen molar-refractivity contribution in [3.63, 3.8) is 0 Å². The van der Waals surface area contributed by atoms with E-state index in [0.717, 1.165) is 38.8 Å².